The molecule has 4 nitrogen and oxygen atoms in total. The fourth-order valence-corrected chi connectivity index (χ4v) is 2.94. The second-order valence-electron chi connectivity index (χ2n) is 5.70. The van der Waals surface area contributed by atoms with Crippen molar-refractivity contribution < 1.29 is 17.9 Å². The number of nitrogens with zero attached hydrogens (tertiary/aromatic N) is 2. The highest BCUT2D eigenvalue weighted by Crippen LogP contribution is 2.32. The molecule has 0 unspecified atom stereocenters. The minimum absolute atomic E-state index is 0.00375. The molecule has 0 radical (unpaired) electrons. The molecule has 2 atom stereocenters. The number of rotatable bonds is 4. The average Bonchev–Trinajstić information content (AvgIpc) is 2.60. The molecule has 0 amide bonds. The highest BCUT2D eigenvalue weighted by atomic mass is 19.4. The summed E-state index contributed by atoms with van der Waals surface area (Å²) in [5, 5.41) is 3.19. The molecule has 0 aromatic carbocycles. The van der Waals surface area contributed by atoms with Gasteiger partial charge in [0, 0.05) is 37.8 Å². The molecule has 0 bridgehead atoms. The first kappa shape index (κ1) is 16.9. The minimum atomic E-state index is -4.40. The third-order valence-electron chi connectivity index (χ3n) is 4.08. The number of halogens is 3. The van der Waals surface area contributed by atoms with E-state index in [1.807, 2.05) is 12.1 Å². The molecule has 1 aliphatic rings. The number of hydrogen-bond acceptors (Lipinski definition) is 4. The van der Waals surface area contributed by atoms with Crippen LogP contribution in [0.2, 0.25) is 0 Å². The molecule has 0 spiro atoms. The van der Waals surface area contributed by atoms with E-state index in [0.717, 1.165) is 24.5 Å². The van der Waals surface area contributed by atoms with Gasteiger partial charge in [-0.3, -0.25) is 9.97 Å². The molecule has 0 saturated carbocycles. The standard InChI is InChI=1S/C17H18F3N3O/c18-17(19,20)13-3-1-7-22-15(13)11-23-14-4-2-10-24-16(14)12-5-8-21-9-6-12/h1,3,5-9,14,16,23H,2,4,10-11H2/t14-,16+/m0/s1. The number of aromatic nitrogens is 2. The smallest absolute Gasteiger partial charge is 0.372 e. The Morgan fingerprint density at radius 1 is 1.17 bits per heavy atom. The van der Waals surface area contributed by atoms with E-state index in [-0.39, 0.29) is 24.4 Å². The molecule has 7 heteroatoms. The lowest BCUT2D eigenvalue weighted by Crippen LogP contribution is -2.39. The van der Waals surface area contributed by atoms with Crippen LogP contribution in [0.5, 0.6) is 0 Å². The predicted octanol–water partition coefficient (Wildman–Crippen LogP) is 3.51. The fourth-order valence-electron chi connectivity index (χ4n) is 2.94. The van der Waals surface area contributed by atoms with E-state index in [2.05, 4.69) is 15.3 Å². The van der Waals surface area contributed by atoms with E-state index in [1.54, 1.807) is 12.4 Å². The molecule has 0 aliphatic carbocycles. The maximum atomic E-state index is 13.1. The third kappa shape index (κ3) is 3.91. The topological polar surface area (TPSA) is 47.0 Å². The average molecular weight is 337 g/mol. The Morgan fingerprint density at radius 2 is 1.96 bits per heavy atom. The molecule has 1 N–H and O–H groups in total. The number of alkyl halides is 3. The molecule has 2 aromatic heterocycles. The second kappa shape index (κ2) is 7.27. The summed E-state index contributed by atoms with van der Waals surface area (Å²) in [5.41, 5.74) is 0.276. The quantitative estimate of drug-likeness (QED) is 0.927. The molecule has 3 rings (SSSR count). The van der Waals surface area contributed by atoms with Gasteiger partial charge in [-0.05, 0) is 42.7 Å². The van der Waals surface area contributed by atoms with Crippen LogP contribution in [-0.4, -0.2) is 22.6 Å². The first-order valence-corrected chi connectivity index (χ1v) is 7.81. The van der Waals surface area contributed by atoms with E-state index in [1.165, 1.54) is 12.3 Å². The fraction of sp³-hybridized carbons (Fsp3) is 0.412. The zero-order chi connectivity index (χ0) is 17.0. The van der Waals surface area contributed by atoms with Gasteiger partial charge in [-0.2, -0.15) is 13.2 Å². The number of pyridine rings is 2. The van der Waals surface area contributed by atoms with Crippen LogP contribution in [0.4, 0.5) is 13.2 Å². The van der Waals surface area contributed by atoms with E-state index >= 15 is 0 Å². The molecule has 1 fully saturated rings. The van der Waals surface area contributed by atoms with Crippen molar-refractivity contribution in [1.82, 2.24) is 15.3 Å². The molecule has 2 aromatic rings. The van der Waals surface area contributed by atoms with Gasteiger partial charge >= 0.3 is 6.18 Å². The van der Waals surface area contributed by atoms with Gasteiger partial charge in [0.15, 0.2) is 0 Å². The second-order valence-corrected chi connectivity index (χ2v) is 5.70. The van der Waals surface area contributed by atoms with Crippen molar-refractivity contribution in [3.05, 3.63) is 59.7 Å². The van der Waals surface area contributed by atoms with Crippen molar-refractivity contribution in [2.24, 2.45) is 0 Å². The molecular formula is C17H18F3N3O. The Labute approximate surface area is 138 Å². The zero-order valence-electron chi connectivity index (χ0n) is 13.0. The lowest BCUT2D eigenvalue weighted by atomic mass is 9.96. The van der Waals surface area contributed by atoms with Crippen LogP contribution in [0.3, 0.4) is 0 Å². The summed E-state index contributed by atoms with van der Waals surface area (Å²) >= 11 is 0. The first-order valence-electron chi connectivity index (χ1n) is 7.81. The summed E-state index contributed by atoms with van der Waals surface area (Å²) in [6.07, 6.45) is 1.85. The van der Waals surface area contributed by atoms with Gasteiger partial charge in [0.2, 0.25) is 0 Å². The Kier molecular flexibility index (Phi) is 5.11. The zero-order valence-corrected chi connectivity index (χ0v) is 13.0. The van der Waals surface area contributed by atoms with Crippen molar-refractivity contribution in [1.29, 1.82) is 0 Å². The molecule has 3 heterocycles. The number of nitrogens with one attached hydrogen (secondary N) is 1. The molecule has 128 valence electrons. The largest absolute Gasteiger partial charge is 0.418 e. The molecule has 1 aliphatic heterocycles. The summed E-state index contributed by atoms with van der Waals surface area (Å²) < 4.78 is 45.0. The summed E-state index contributed by atoms with van der Waals surface area (Å²) in [6.45, 7) is 0.688. The van der Waals surface area contributed by atoms with Crippen LogP contribution in [0.15, 0.2) is 42.9 Å². The van der Waals surface area contributed by atoms with Gasteiger partial charge in [0.05, 0.1) is 17.4 Å². The predicted molar refractivity (Wildman–Crippen MR) is 82.0 cm³/mol. The maximum absolute atomic E-state index is 13.1. The Morgan fingerprint density at radius 3 is 2.71 bits per heavy atom. The highest BCUT2D eigenvalue weighted by Gasteiger charge is 2.34. The Hall–Kier alpha value is -1.99. The van der Waals surface area contributed by atoms with Crippen molar-refractivity contribution in [3.8, 4) is 0 Å². The lowest BCUT2D eigenvalue weighted by Gasteiger charge is -2.33. The first-order chi connectivity index (χ1) is 11.6. The summed E-state index contributed by atoms with van der Waals surface area (Å²) in [5.74, 6) is 0. The van der Waals surface area contributed by atoms with Crippen LogP contribution in [0.1, 0.15) is 35.8 Å². The summed E-state index contributed by atoms with van der Waals surface area (Å²) in [6, 6.07) is 6.03. The van der Waals surface area contributed by atoms with E-state index in [9.17, 15) is 13.2 Å². The maximum Gasteiger partial charge on any atom is 0.418 e. The Bertz CT molecular complexity index is 664. The van der Waals surface area contributed by atoms with Crippen LogP contribution < -0.4 is 5.32 Å². The SMILES string of the molecule is FC(F)(F)c1cccnc1CN[C@H]1CCCO[C@@H]1c1ccncc1. The van der Waals surface area contributed by atoms with Crippen LogP contribution in [0.25, 0.3) is 0 Å². The van der Waals surface area contributed by atoms with Crippen LogP contribution >= 0.6 is 0 Å². The van der Waals surface area contributed by atoms with E-state index in [0.29, 0.717) is 6.61 Å². The van der Waals surface area contributed by atoms with Crippen molar-refractivity contribution in [2.45, 2.75) is 37.7 Å². The van der Waals surface area contributed by atoms with Crippen molar-refractivity contribution >= 4 is 0 Å². The van der Waals surface area contributed by atoms with Gasteiger partial charge in [0.1, 0.15) is 0 Å². The van der Waals surface area contributed by atoms with Gasteiger partial charge in [-0.25, -0.2) is 0 Å². The lowest BCUT2D eigenvalue weighted by molar-refractivity contribution is -0.138. The summed E-state index contributed by atoms with van der Waals surface area (Å²) in [4.78, 5) is 7.88. The third-order valence-corrected chi connectivity index (χ3v) is 4.08. The number of ether oxygens (including phenoxy) is 1. The van der Waals surface area contributed by atoms with Crippen LogP contribution in [-0.2, 0) is 17.5 Å². The normalized spacial score (nSPS) is 21.6. The van der Waals surface area contributed by atoms with Crippen LogP contribution in [0, 0.1) is 0 Å². The van der Waals surface area contributed by atoms with Gasteiger partial charge in [-0.15, -0.1) is 0 Å². The van der Waals surface area contributed by atoms with E-state index in [4.69, 9.17) is 4.74 Å². The van der Waals surface area contributed by atoms with Gasteiger partial charge < -0.3 is 10.1 Å². The number of hydrogen-bond donors (Lipinski definition) is 1. The molecule has 24 heavy (non-hydrogen) atoms. The molecular weight excluding hydrogens is 319 g/mol. The van der Waals surface area contributed by atoms with Gasteiger partial charge in [0.25, 0.3) is 0 Å². The molecule has 1 saturated heterocycles. The van der Waals surface area contributed by atoms with E-state index < -0.39 is 11.7 Å². The Balaban J connectivity index is 1.74. The monoisotopic (exact) mass is 337 g/mol. The highest BCUT2D eigenvalue weighted by molar-refractivity contribution is 5.23. The minimum Gasteiger partial charge on any atom is -0.372 e. The van der Waals surface area contributed by atoms with Crippen molar-refractivity contribution in [2.75, 3.05) is 6.61 Å². The van der Waals surface area contributed by atoms with Gasteiger partial charge in [-0.1, -0.05) is 0 Å². The van der Waals surface area contributed by atoms with Crippen molar-refractivity contribution in [3.63, 3.8) is 0 Å². The summed E-state index contributed by atoms with van der Waals surface area (Å²) in [7, 11) is 0.